The van der Waals surface area contributed by atoms with Gasteiger partial charge in [-0.1, -0.05) is 39.0 Å². The van der Waals surface area contributed by atoms with Gasteiger partial charge >= 0.3 is 0 Å². The predicted molar refractivity (Wildman–Crippen MR) is 110 cm³/mol. The summed E-state index contributed by atoms with van der Waals surface area (Å²) in [6.07, 6.45) is 3.45. The Kier molecular flexibility index (Phi) is 5.21. The van der Waals surface area contributed by atoms with E-state index in [-0.39, 0.29) is 11.3 Å². The fourth-order valence-electron chi connectivity index (χ4n) is 2.39. The van der Waals surface area contributed by atoms with Crippen LogP contribution in [0.1, 0.15) is 31.2 Å². The Bertz CT molecular complexity index is 866. The largest absolute Gasteiger partial charge is 0.323 e. The lowest BCUT2D eigenvalue weighted by Crippen LogP contribution is -2.12. The third kappa shape index (κ3) is 4.68. The van der Waals surface area contributed by atoms with Crippen LogP contribution in [0.4, 0.5) is 5.69 Å². The number of rotatable bonds is 4. The summed E-state index contributed by atoms with van der Waals surface area (Å²) in [5.41, 5.74) is 2.18. The maximum atomic E-state index is 12.1. The molecule has 3 aromatic rings. The van der Waals surface area contributed by atoms with Gasteiger partial charge in [0.2, 0.25) is 5.91 Å². The van der Waals surface area contributed by atoms with Gasteiger partial charge in [0.1, 0.15) is 0 Å². The fraction of sp³-hybridized carbons (Fsp3) is 0.190. The van der Waals surface area contributed by atoms with Crippen LogP contribution in [-0.4, -0.2) is 5.91 Å². The van der Waals surface area contributed by atoms with Crippen molar-refractivity contribution in [3.63, 3.8) is 0 Å². The number of hydrogen-bond donors (Lipinski definition) is 1. The summed E-state index contributed by atoms with van der Waals surface area (Å²) in [5.74, 6) is -0.116. The first-order chi connectivity index (χ1) is 11.9. The minimum atomic E-state index is -0.116. The van der Waals surface area contributed by atoms with Crippen molar-refractivity contribution >= 4 is 40.3 Å². The summed E-state index contributed by atoms with van der Waals surface area (Å²) < 4.78 is 0. The van der Waals surface area contributed by atoms with Gasteiger partial charge in [-0.05, 0) is 52.8 Å². The first-order valence-corrected chi connectivity index (χ1v) is 9.85. The molecular formula is C21H21NOS2. The molecule has 1 aromatic carbocycles. The van der Waals surface area contributed by atoms with E-state index in [9.17, 15) is 4.79 Å². The van der Waals surface area contributed by atoms with Crippen molar-refractivity contribution in [1.29, 1.82) is 0 Å². The van der Waals surface area contributed by atoms with Crippen molar-refractivity contribution < 1.29 is 4.79 Å². The van der Waals surface area contributed by atoms with Crippen molar-refractivity contribution in [3.8, 4) is 9.75 Å². The van der Waals surface area contributed by atoms with Gasteiger partial charge in [0.05, 0.1) is 0 Å². The number of benzene rings is 1. The van der Waals surface area contributed by atoms with Crippen molar-refractivity contribution in [1.82, 2.24) is 0 Å². The van der Waals surface area contributed by atoms with Crippen LogP contribution in [0, 0.1) is 0 Å². The number of hydrogen-bond acceptors (Lipinski definition) is 3. The molecule has 2 nitrogen and oxygen atoms in total. The predicted octanol–water partition coefficient (Wildman–Crippen LogP) is 6.43. The molecule has 1 N–H and O–H groups in total. The van der Waals surface area contributed by atoms with E-state index in [1.807, 2.05) is 30.3 Å². The van der Waals surface area contributed by atoms with E-state index in [2.05, 4.69) is 55.7 Å². The zero-order valence-electron chi connectivity index (χ0n) is 14.6. The third-order valence-corrected chi connectivity index (χ3v) is 5.92. The molecule has 0 fully saturated rings. The van der Waals surface area contributed by atoms with Crippen LogP contribution in [0.2, 0.25) is 0 Å². The highest BCUT2D eigenvalue weighted by atomic mass is 32.1. The minimum Gasteiger partial charge on any atom is -0.323 e. The van der Waals surface area contributed by atoms with Crippen LogP contribution in [0.25, 0.3) is 15.8 Å². The van der Waals surface area contributed by atoms with Crippen LogP contribution in [-0.2, 0) is 10.2 Å². The topological polar surface area (TPSA) is 29.1 Å². The number of amides is 1. The Balaban J connectivity index is 1.61. The quantitative estimate of drug-likeness (QED) is 0.529. The molecule has 0 aliphatic heterocycles. The van der Waals surface area contributed by atoms with E-state index in [0.717, 1.165) is 10.6 Å². The highest BCUT2D eigenvalue weighted by Gasteiger charge is 2.12. The van der Waals surface area contributed by atoms with E-state index >= 15 is 0 Å². The first kappa shape index (κ1) is 17.6. The van der Waals surface area contributed by atoms with E-state index < -0.39 is 0 Å². The average Bonchev–Trinajstić information content (AvgIpc) is 3.24. The third-order valence-electron chi connectivity index (χ3n) is 3.81. The van der Waals surface area contributed by atoms with Crippen molar-refractivity contribution in [2.75, 3.05) is 5.32 Å². The Morgan fingerprint density at radius 2 is 1.76 bits per heavy atom. The summed E-state index contributed by atoms with van der Waals surface area (Å²) in [4.78, 5) is 15.7. The summed E-state index contributed by atoms with van der Waals surface area (Å²) in [6, 6.07) is 16.3. The molecule has 1 amide bonds. The average molecular weight is 368 g/mol. The number of anilines is 1. The van der Waals surface area contributed by atoms with Gasteiger partial charge in [-0.15, -0.1) is 22.7 Å². The number of nitrogens with one attached hydrogen (secondary N) is 1. The molecule has 0 spiro atoms. The maximum Gasteiger partial charge on any atom is 0.248 e. The Hall–Kier alpha value is -2.17. The second kappa shape index (κ2) is 7.38. The lowest BCUT2D eigenvalue weighted by molar-refractivity contribution is -0.111. The molecule has 25 heavy (non-hydrogen) atoms. The van der Waals surface area contributed by atoms with Crippen LogP contribution in [0.3, 0.4) is 0 Å². The van der Waals surface area contributed by atoms with Gasteiger partial charge in [-0.3, -0.25) is 4.79 Å². The van der Waals surface area contributed by atoms with E-state index in [4.69, 9.17) is 0 Å². The highest BCUT2D eigenvalue weighted by Crippen LogP contribution is 2.32. The van der Waals surface area contributed by atoms with E-state index in [1.54, 1.807) is 28.7 Å². The van der Waals surface area contributed by atoms with Crippen LogP contribution in [0.15, 0.2) is 60.0 Å². The molecular weight excluding hydrogens is 346 g/mol. The molecule has 0 aliphatic rings. The van der Waals surface area contributed by atoms with Gasteiger partial charge in [0.15, 0.2) is 0 Å². The van der Waals surface area contributed by atoms with Crippen molar-refractivity contribution in [2.24, 2.45) is 0 Å². The number of carbonyl (C=O) groups excluding carboxylic acids is 1. The molecule has 0 bridgehead atoms. The zero-order valence-corrected chi connectivity index (χ0v) is 16.2. The van der Waals surface area contributed by atoms with E-state index in [0.29, 0.717) is 0 Å². The highest BCUT2D eigenvalue weighted by molar-refractivity contribution is 7.21. The summed E-state index contributed by atoms with van der Waals surface area (Å²) >= 11 is 3.41. The Labute approximate surface area is 156 Å². The monoisotopic (exact) mass is 367 g/mol. The molecule has 0 unspecified atom stereocenters. The summed E-state index contributed by atoms with van der Waals surface area (Å²) in [7, 11) is 0. The Morgan fingerprint density at radius 3 is 2.40 bits per heavy atom. The fourth-order valence-corrected chi connectivity index (χ4v) is 4.13. The minimum absolute atomic E-state index is 0.113. The SMILES string of the molecule is CC(C)(C)c1ccc(NC(=O)C=Cc2ccc(-c3cccs3)s2)cc1. The van der Waals surface area contributed by atoms with Crippen molar-refractivity contribution in [2.45, 2.75) is 26.2 Å². The Morgan fingerprint density at radius 1 is 1.00 bits per heavy atom. The van der Waals surface area contributed by atoms with Gasteiger partial charge in [0.25, 0.3) is 0 Å². The van der Waals surface area contributed by atoms with Gasteiger partial charge in [0, 0.05) is 26.4 Å². The van der Waals surface area contributed by atoms with Gasteiger partial charge in [-0.25, -0.2) is 0 Å². The zero-order chi connectivity index (χ0) is 17.9. The number of carbonyl (C=O) groups is 1. The number of thiophene rings is 2. The second-order valence-corrected chi connectivity index (χ2v) is 8.89. The van der Waals surface area contributed by atoms with Crippen molar-refractivity contribution in [3.05, 3.63) is 70.4 Å². The van der Waals surface area contributed by atoms with Gasteiger partial charge in [-0.2, -0.15) is 0 Å². The lowest BCUT2D eigenvalue weighted by Gasteiger charge is -2.19. The lowest BCUT2D eigenvalue weighted by atomic mass is 9.87. The van der Waals surface area contributed by atoms with Gasteiger partial charge < -0.3 is 5.32 Å². The maximum absolute atomic E-state index is 12.1. The molecule has 0 atom stereocenters. The molecule has 0 saturated heterocycles. The smallest absolute Gasteiger partial charge is 0.248 e. The van der Waals surface area contributed by atoms with Crippen LogP contribution in [0.5, 0.6) is 0 Å². The summed E-state index contributed by atoms with van der Waals surface area (Å²) in [5, 5.41) is 4.98. The molecule has 4 heteroatoms. The summed E-state index contributed by atoms with van der Waals surface area (Å²) in [6.45, 7) is 6.53. The molecule has 2 heterocycles. The molecule has 128 valence electrons. The molecule has 0 aliphatic carbocycles. The molecule has 0 radical (unpaired) electrons. The second-order valence-electron chi connectivity index (χ2n) is 6.83. The molecule has 3 rings (SSSR count). The molecule has 0 saturated carbocycles. The molecule has 2 aromatic heterocycles. The van der Waals surface area contributed by atoms with Crippen LogP contribution < -0.4 is 5.32 Å². The van der Waals surface area contributed by atoms with E-state index in [1.165, 1.54) is 15.3 Å². The standard InChI is InChI=1S/C21H21NOS2/c1-21(2,3)15-6-8-16(9-7-15)22-20(23)13-11-17-10-12-19(25-17)18-5-4-14-24-18/h4-14H,1-3H3,(H,22,23). The first-order valence-electron chi connectivity index (χ1n) is 8.15. The van der Waals surface area contributed by atoms with Crippen LogP contribution >= 0.6 is 22.7 Å². The normalized spacial score (nSPS) is 11.8.